The first-order valence-electron chi connectivity index (χ1n) is 9.61. The van der Waals surface area contributed by atoms with Crippen molar-refractivity contribution in [2.45, 2.75) is 24.1 Å². The topological polar surface area (TPSA) is 72.4 Å². The summed E-state index contributed by atoms with van der Waals surface area (Å²) in [5.74, 6) is 3.00. The number of amides is 1. The van der Waals surface area contributed by atoms with Crippen molar-refractivity contribution in [2.75, 3.05) is 7.05 Å². The summed E-state index contributed by atoms with van der Waals surface area (Å²) in [7, 11) is 1.76. The third-order valence-corrected chi connectivity index (χ3v) is 5.90. The minimum Gasteiger partial charge on any atom is -0.459 e. The molecule has 2 aromatic carbocycles. The Morgan fingerprint density at radius 1 is 1.10 bits per heavy atom. The molecule has 0 aliphatic rings. The van der Waals surface area contributed by atoms with E-state index >= 15 is 0 Å². The Morgan fingerprint density at radius 2 is 1.87 bits per heavy atom. The van der Waals surface area contributed by atoms with E-state index in [0.717, 1.165) is 16.2 Å². The second-order valence-corrected chi connectivity index (χ2v) is 8.40. The number of hydrogen-bond donors (Lipinski definition) is 0. The lowest BCUT2D eigenvalue weighted by molar-refractivity contribution is 0.0772. The van der Waals surface area contributed by atoms with E-state index in [-0.39, 0.29) is 5.91 Å². The maximum Gasteiger partial charge on any atom is 0.255 e. The van der Waals surface area contributed by atoms with Gasteiger partial charge in [-0.3, -0.25) is 4.79 Å². The van der Waals surface area contributed by atoms with Gasteiger partial charge in [-0.2, -0.15) is 4.98 Å². The van der Waals surface area contributed by atoms with Crippen LogP contribution in [0.4, 0.5) is 0 Å². The number of carbonyl (C=O) groups excluding carboxylic acids is 1. The highest BCUT2D eigenvalue weighted by molar-refractivity contribution is 7.98. The van der Waals surface area contributed by atoms with E-state index in [0.29, 0.717) is 40.4 Å². The highest BCUT2D eigenvalue weighted by Crippen LogP contribution is 2.28. The van der Waals surface area contributed by atoms with Gasteiger partial charge in [0.15, 0.2) is 5.82 Å². The normalized spacial score (nSPS) is 10.9. The van der Waals surface area contributed by atoms with Gasteiger partial charge in [-0.25, -0.2) is 0 Å². The maximum atomic E-state index is 13.1. The largest absolute Gasteiger partial charge is 0.459 e. The number of furan rings is 1. The van der Waals surface area contributed by atoms with Gasteiger partial charge < -0.3 is 13.8 Å². The summed E-state index contributed by atoms with van der Waals surface area (Å²) in [6.45, 7) is 2.11. The fourth-order valence-corrected chi connectivity index (χ4v) is 4.07. The van der Waals surface area contributed by atoms with Crippen LogP contribution >= 0.6 is 23.4 Å². The number of nitrogens with zero attached hydrogens (tertiary/aromatic N) is 3. The third-order valence-electron chi connectivity index (χ3n) is 4.57. The number of halogens is 1. The quantitative estimate of drug-likeness (QED) is 0.326. The summed E-state index contributed by atoms with van der Waals surface area (Å²) >= 11 is 7.45. The lowest BCUT2D eigenvalue weighted by Gasteiger charge is -2.17. The van der Waals surface area contributed by atoms with Gasteiger partial charge >= 0.3 is 0 Å². The summed E-state index contributed by atoms with van der Waals surface area (Å²) < 4.78 is 10.9. The van der Waals surface area contributed by atoms with E-state index in [1.165, 1.54) is 11.8 Å². The van der Waals surface area contributed by atoms with E-state index in [2.05, 4.69) is 10.1 Å². The number of aryl methyl sites for hydroxylation is 1. The molecule has 0 radical (unpaired) electrons. The van der Waals surface area contributed by atoms with Gasteiger partial charge in [-0.1, -0.05) is 28.9 Å². The highest BCUT2D eigenvalue weighted by Gasteiger charge is 2.18. The minimum absolute atomic E-state index is 0.0863. The molecule has 0 N–H and O–H groups in total. The van der Waals surface area contributed by atoms with Crippen LogP contribution in [0, 0.1) is 6.92 Å². The Hall–Kier alpha value is -3.03. The second kappa shape index (κ2) is 9.41. The lowest BCUT2D eigenvalue weighted by atomic mass is 10.2. The second-order valence-electron chi connectivity index (χ2n) is 6.95. The molecule has 0 bridgehead atoms. The van der Waals surface area contributed by atoms with Gasteiger partial charge in [-0.05, 0) is 48.5 Å². The van der Waals surface area contributed by atoms with E-state index in [1.54, 1.807) is 18.9 Å². The number of thioether (sulfide) groups is 1. The Kier molecular flexibility index (Phi) is 6.44. The zero-order valence-corrected chi connectivity index (χ0v) is 18.6. The van der Waals surface area contributed by atoms with Crippen LogP contribution in [0.2, 0.25) is 5.02 Å². The maximum absolute atomic E-state index is 13.1. The summed E-state index contributed by atoms with van der Waals surface area (Å²) in [6.07, 6.45) is 0. The Morgan fingerprint density at radius 3 is 2.61 bits per heavy atom. The lowest BCUT2D eigenvalue weighted by Crippen LogP contribution is -2.26. The summed E-state index contributed by atoms with van der Waals surface area (Å²) in [5, 5.41) is 4.58. The number of rotatable bonds is 7. The third kappa shape index (κ3) is 5.18. The van der Waals surface area contributed by atoms with Crippen LogP contribution in [0.25, 0.3) is 11.3 Å². The van der Waals surface area contributed by atoms with E-state index in [4.69, 9.17) is 20.5 Å². The zero-order chi connectivity index (χ0) is 21.8. The van der Waals surface area contributed by atoms with Crippen molar-refractivity contribution in [2.24, 2.45) is 0 Å². The highest BCUT2D eigenvalue weighted by atomic mass is 35.5. The van der Waals surface area contributed by atoms with Crippen LogP contribution in [0.3, 0.4) is 0 Å². The molecule has 0 saturated heterocycles. The van der Waals surface area contributed by atoms with Crippen LogP contribution in [0.15, 0.2) is 74.5 Å². The van der Waals surface area contributed by atoms with Crippen molar-refractivity contribution >= 4 is 29.3 Å². The average molecular weight is 454 g/mol. The molecule has 1 amide bonds. The van der Waals surface area contributed by atoms with Crippen molar-refractivity contribution in [3.8, 4) is 11.3 Å². The van der Waals surface area contributed by atoms with Gasteiger partial charge in [0.2, 0.25) is 5.89 Å². The molecule has 31 heavy (non-hydrogen) atoms. The van der Waals surface area contributed by atoms with Crippen molar-refractivity contribution in [3.05, 3.63) is 88.7 Å². The van der Waals surface area contributed by atoms with Crippen molar-refractivity contribution in [1.29, 1.82) is 0 Å². The van der Waals surface area contributed by atoms with Crippen LogP contribution in [0.5, 0.6) is 0 Å². The first-order chi connectivity index (χ1) is 15.0. The molecule has 4 aromatic rings. The molecule has 0 aliphatic carbocycles. The van der Waals surface area contributed by atoms with Crippen LogP contribution < -0.4 is 0 Å². The zero-order valence-electron chi connectivity index (χ0n) is 17.0. The summed E-state index contributed by atoms with van der Waals surface area (Å²) in [6, 6.07) is 18.7. The molecule has 0 fully saturated rings. The predicted molar refractivity (Wildman–Crippen MR) is 120 cm³/mol. The number of hydrogen-bond acceptors (Lipinski definition) is 6. The standard InChI is InChI=1S/C23H20ClN3O3S/c1-15-25-22(26-30-15)14-31-21-6-4-3-5-19(21)23(28)27(2)13-18-11-12-20(29-18)16-7-9-17(24)10-8-16/h3-12H,13-14H2,1-2H3. The van der Waals surface area contributed by atoms with Crippen LogP contribution in [-0.4, -0.2) is 28.0 Å². The first kappa shape index (κ1) is 21.2. The van der Waals surface area contributed by atoms with Gasteiger partial charge in [0.1, 0.15) is 11.5 Å². The Bertz CT molecular complexity index is 1190. The van der Waals surface area contributed by atoms with Gasteiger partial charge in [0.25, 0.3) is 5.91 Å². The molecule has 6 nitrogen and oxygen atoms in total. The Balaban J connectivity index is 1.44. The van der Waals surface area contributed by atoms with Crippen molar-refractivity contribution in [3.63, 3.8) is 0 Å². The molecule has 0 atom stereocenters. The number of benzene rings is 2. The molecular formula is C23H20ClN3O3S. The fourth-order valence-electron chi connectivity index (χ4n) is 3.05. The monoisotopic (exact) mass is 453 g/mol. The predicted octanol–water partition coefficient (Wildman–Crippen LogP) is 5.86. The molecule has 0 aliphatic heterocycles. The van der Waals surface area contributed by atoms with Crippen molar-refractivity contribution in [1.82, 2.24) is 15.0 Å². The first-order valence-corrected chi connectivity index (χ1v) is 11.0. The number of carbonyl (C=O) groups is 1. The molecule has 2 aromatic heterocycles. The SMILES string of the molecule is Cc1nc(CSc2ccccc2C(=O)N(C)Cc2ccc(-c3ccc(Cl)cc3)o2)no1. The van der Waals surface area contributed by atoms with E-state index in [9.17, 15) is 4.79 Å². The average Bonchev–Trinajstić information content (AvgIpc) is 3.41. The van der Waals surface area contributed by atoms with Gasteiger partial charge in [0.05, 0.1) is 17.9 Å². The Labute approximate surface area is 189 Å². The molecule has 2 heterocycles. The molecule has 0 saturated carbocycles. The minimum atomic E-state index is -0.0863. The van der Waals surface area contributed by atoms with Crippen LogP contribution in [-0.2, 0) is 12.3 Å². The summed E-state index contributed by atoms with van der Waals surface area (Å²) in [5.41, 5.74) is 1.56. The fraction of sp³-hybridized carbons (Fsp3) is 0.174. The van der Waals surface area contributed by atoms with E-state index in [1.807, 2.05) is 60.7 Å². The van der Waals surface area contributed by atoms with Crippen molar-refractivity contribution < 1.29 is 13.7 Å². The molecular weight excluding hydrogens is 434 g/mol. The van der Waals surface area contributed by atoms with Crippen LogP contribution in [0.1, 0.15) is 27.8 Å². The van der Waals surface area contributed by atoms with Gasteiger partial charge in [0, 0.05) is 29.5 Å². The summed E-state index contributed by atoms with van der Waals surface area (Å²) in [4.78, 5) is 19.8. The van der Waals surface area contributed by atoms with E-state index < -0.39 is 0 Å². The molecule has 8 heteroatoms. The molecule has 0 spiro atoms. The molecule has 158 valence electrons. The smallest absolute Gasteiger partial charge is 0.255 e. The van der Waals surface area contributed by atoms with Gasteiger partial charge in [-0.15, -0.1) is 11.8 Å². The molecule has 4 rings (SSSR count). The number of aromatic nitrogens is 2. The molecule has 0 unspecified atom stereocenters.